The Bertz CT molecular complexity index is 1960. The number of nitrogens with one attached hydrogen (secondary N) is 8. The fourth-order valence-corrected chi connectivity index (χ4v) is 7.28. The van der Waals surface area contributed by atoms with Gasteiger partial charge in [0.1, 0.15) is 0 Å². The zero-order chi connectivity index (χ0) is 74.7. The third-order valence-corrected chi connectivity index (χ3v) is 13.7. The zero-order valence-electron chi connectivity index (χ0n) is 64.2. The lowest BCUT2D eigenvalue weighted by Gasteiger charge is -2.27. The fraction of sp³-hybridized carbons (Fsp3) is 0.899. The van der Waals surface area contributed by atoms with Crippen molar-refractivity contribution in [2.75, 3.05) is 204 Å². The van der Waals surface area contributed by atoms with Crippen molar-refractivity contribution in [3.8, 4) is 0 Å². The molecule has 96 heavy (non-hydrogen) atoms. The number of ether oxygens (including phenoxy) is 5. The molecule has 1 atom stereocenters. The van der Waals surface area contributed by atoms with Crippen molar-refractivity contribution < 1.29 is 77.7 Å². The minimum atomic E-state index is -0.376. The second kappa shape index (κ2) is 54.6. The molecule has 3 rings (SSSR count). The number of aliphatic hydroxyl groups excluding tert-OH is 4. The summed E-state index contributed by atoms with van der Waals surface area (Å²) in [6.07, 6.45) is 2.44. The van der Waals surface area contributed by atoms with E-state index in [2.05, 4.69) is 52.3 Å². The monoisotopic (exact) mass is 1380 g/mol. The summed E-state index contributed by atoms with van der Waals surface area (Å²) >= 11 is 0. The van der Waals surface area contributed by atoms with E-state index >= 15 is 0 Å². The molecule has 0 saturated carbocycles. The average molecular weight is 1380 g/mol. The van der Waals surface area contributed by atoms with E-state index in [1.165, 1.54) is 0 Å². The molecule has 0 spiro atoms. The molecule has 3 fully saturated rings. The standard InChI is InChI=1S/C11H23N3O.C11H24N2O3.C11H22N2O2.C10H21NO3.C10H19NO2.C9H19NO3.C7H15NO2/c1-11(2,3)10(15)13-6-9-14-7-4-12-5-8-14;1-11(2,3)10(16)12-4-5-13(6-8-14)7-9-15;1-11(2,3)10(14)12-4-5-13-6-8-15-9-7-13;1-10(2,3)9(12)11-5-6-14-8-7-13-4;1-10(2,3)9(12)11-7-8-5-4-6-13-8;1-9(2,3)8(12)10-4-6-13-7-5-11;1-7(2,3)6(10)8-4-5-9/h12H,4-9H2,1-3H3,(H,13,15);14-15H,4-9H2,1-3H3,(H,12,16);4-9H2,1-3H3,(H,12,14);5-8H2,1-4H3,(H,11,12);8H,4-7H2,1-3H3,(H,11,12);11H,4-7H2,1-3H3,(H,10,12);9H,4-5H2,1-3H3,(H,8,10). The molecule has 3 aliphatic rings. The van der Waals surface area contributed by atoms with Gasteiger partial charge < -0.3 is 86.6 Å². The van der Waals surface area contributed by atoms with Crippen LogP contribution in [0.1, 0.15) is 158 Å². The van der Waals surface area contributed by atoms with Gasteiger partial charge in [-0.1, -0.05) is 145 Å². The summed E-state index contributed by atoms with van der Waals surface area (Å²) in [6.45, 7) is 58.6. The van der Waals surface area contributed by atoms with Crippen molar-refractivity contribution in [3.63, 3.8) is 0 Å². The van der Waals surface area contributed by atoms with E-state index in [-0.39, 0.29) is 112 Å². The summed E-state index contributed by atoms with van der Waals surface area (Å²) in [5, 5.41) is 57.4. The lowest BCUT2D eigenvalue weighted by atomic mass is 9.95. The van der Waals surface area contributed by atoms with E-state index in [4.69, 9.17) is 44.1 Å². The second-order valence-electron chi connectivity index (χ2n) is 30.6. The van der Waals surface area contributed by atoms with Crippen LogP contribution in [0.25, 0.3) is 0 Å². The molecule has 3 aliphatic heterocycles. The Balaban J connectivity index is -0.000000516. The molecular formula is C69H143N11O16. The highest BCUT2D eigenvalue weighted by Gasteiger charge is 2.26. The van der Waals surface area contributed by atoms with Crippen LogP contribution in [0, 0.1) is 37.9 Å². The Morgan fingerprint density at radius 1 is 0.417 bits per heavy atom. The number of carbonyl (C=O) groups is 7. The van der Waals surface area contributed by atoms with Crippen LogP contribution in [-0.2, 0) is 57.2 Å². The Kier molecular flexibility index (Phi) is 55.8. The van der Waals surface area contributed by atoms with Gasteiger partial charge in [-0.15, -0.1) is 0 Å². The molecule has 3 saturated heterocycles. The van der Waals surface area contributed by atoms with Crippen LogP contribution in [0.4, 0.5) is 0 Å². The van der Waals surface area contributed by atoms with Crippen LogP contribution in [0.15, 0.2) is 0 Å². The van der Waals surface area contributed by atoms with Gasteiger partial charge in [-0.25, -0.2) is 0 Å². The van der Waals surface area contributed by atoms with Gasteiger partial charge in [0, 0.05) is 169 Å². The molecule has 0 aromatic rings. The SMILES string of the molecule is CC(C)(C)C(=O)NCC1CCCO1.CC(C)(C)C(=O)NCCN(CCO)CCO.CC(C)(C)C(=O)NCCN1CCNCC1.CC(C)(C)C(=O)NCCN1CCOCC1.CC(C)(C)C(=O)NCCO.CC(C)(C)C(=O)NCCOCCO.COCCOCCNC(=O)C(C)(C)C. The number of nitrogens with zero attached hydrogens (tertiary/aromatic N) is 3. The second-order valence-corrected chi connectivity index (χ2v) is 30.6. The minimum absolute atomic E-state index is 0.00181. The fourth-order valence-electron chi connectivity index (χ4n) is 7.28. The van der Waals surface area contributed by atoms with Crippen LogP contribution in [0.3, 0.4) is 0 Å². The van der Waals surface area contributed by atoms with E-state index in [9.17, 15) is 33.6 Å². The topological polar surface area (TPSA) is 353 Å². The first-order valence-electron chi connectivity index (χ1n) is 34.5. The smallest absolute Gasteiger partial charge is 0.225 e. The van der Waals surface area contributed by atoms with Crippen molar-refractivity contribution in [1.29, 1.82) is 0 Å². The van der Waals surface area contributed by atoms with Crippen LogP contribution >= 0.6 is 0 Å². The van der Waals surface area contributed by atoms with Crippen molar-refractivity contribution in [3.05, 3.63) is 0 Å². The minimum Gasteiger partial charge on any atom is -0.395 e. The van der Waals surface area contributed by atoms with Crippen LogP contribution in [0.2, 0.25) is 0 Å². The maximum atomic E-state index is 11.6. The van der Waals surface area contributed by atoms with Gasteiger partial charge in [-0.3, -0.25) is 48.3 Å². The number of methoxy groups -OCH3 is 1. The highest BCUT2D eigenvalue weighted by Crippen LogP contribution is 2.17. The Morgan fingerprint density at radius 2 is 0.771 bits per heavy atom. The van der Waals surface area contributed by atoms with Gasteiger partial charge in [0.05, 0.1) is 78.8 Å². The van der Waals surface area contributed by atoms with Crippen LogP contribution in [-0.4, -0.2) is 287 Å². The third-order valence-electron chi connectivity index (χ3n) is 13.7. The highest BCUT2D eigenvalue weighted by molar-refractivity contribution is 5.83. The molecule has 1 unspecified atom stereocenters. The zero-order valence-corrected chi connectivity index (χ0v) is 64.2. The molecule has 3 heterocycles. The maximum Gasteiger partial charge on any atom is 0.225 e. The Morgan fingerprint density at radius 3 is 1.11 bits per heavy atom. The van der Waals surface area contributed by atoms with Crippen LogP contribution in [0.5, 0.6) is 0 Å². The summed E-state index contributed by atoms with van der Waals surface area (Å²) in [6, 6.07) is 0. The van der Waals surface area contributed by atoms with Gasteiger partial charge in [-0.05, 0) is 12.8 Å². The Hall–Kier alpha value is -4.23. The van der Waals surface area contributed by atoms with E-state index in [0.29, 0.717) is 85.4 Å². The van der Waals surface area contributed by atoms with E-state index in [1.807, 2.05) is 150 Å². The number of amides is 7. The lowest BCUT2D eigenvalue weighted by Crippen LogP contribution is -2.47. The van der Waals surface area contributed by atoms with E-state index < -0.39 is 0 Å². The number of morpholine rings is 1. The molecule has 570 valence electrons. The van der Waals surface area contributed by atoms with Crippen LogP contribution < -0.4 is 42.5 Å². The van der Waals surface area contributed by atoms with Gasteiger partial charge in [0.2, 0.25) is 41.4 Å². The largest absolute Gasteiger partial charge is 0.395 e. The first kappa shape index (κ1) is 98.2. The number of hydrogen-bond acceptors (Lipinski definition) is 20. The molecule has 0 bridgehead atoms. The molecule has 27 heteroatoms. The van der Waals surface area contributed by atoms with Crippen molar-refractivity contribution >= 4 is 41.4 Å². The number of carbonyl (C=O) groups excluding carboxylic acids is 7. The van der Waals surface area contributed by atoms with E-state index in [0.717, 1.165) is 98.1 Å². The summed E-state index contributed by atoms with van der Waals surface area (Å²) in [7, 11) is 1.63. The summed E-state index contributed by atoms with van der Waals surface area (Å²) in [4.78, 5) is 86.3. The third kappa shape index (κ3) is 59.8. The molecule has 0 aliphatic carbocycles. The predicted molar refractivity (Wildman–Crippen MR) is 381 cm³/mol. The average Bonchev–Trinajstić information content (AvgIpc) is 2.87. The lowest BCUT2D eigenvalue weighted by molar-refractivity contribution is -0.129. The van der Waals surface area contributed by atoms with Crippen molar-refractivity contribution in [2.24, 2.45) is 37.9 Å². The summed E-state index contributed by atoms with van der Waals surface area (Å²) in [5.74, 6) is 0.409. The number of rotatable bonds is 28. The Labute approximate surface area is 580 Å². The predicted octanol–water partition coefficient (Wildman–Crippen LogP) is 2.41. The van der Waals surface area contributed by atoms with Gasteiger partial charge >= 0.3 is 0 Å². The molecule has 0 aromatic heterocycles. The van der Waals surface area contributed by atoms with E-state index in [1.54, 1.807) is 7.11 Å². The molecule has 7 amide bonds. The maximum absolute atomic E-state index is 11.6. The summed E-state index contributed by atoms with van der Waals surface area (Å²) in [5.41, 5.74) is -2.26. The molecule has 0 aromatic carbocycles. The number of piperazine rings is 1. The molecular weight excluding hydrogens is 1240 g/mol. The van der Waals surface area contributed by atoms with Gasteiger partial charge in [0.15, 0.2) is 0 Å². The van der Waals surface area contributed by atoms with Crippen molar-refractivity contribution in [1.82, 2.24) is 57.2 Å². The highest BCUT2D eigenvalue weighted by atomic mass is 16.5. The molecule has 12 N–H and O–H groups in total. The van der Waals surface area contributed by atoms with Crippen molar-refractivity contribution in [2.45, 2.75) is 164 Å². The van der Waals surface area contributed by atoms with Gasteiger partial charge in [0.25, 0.3) is 0 Å². The first-order valence-corrected chi connectivity index (χ1v) is 34.5. The summed E-state index contributed by atoms with van der Waals surface area (Å²) < 4.78 is 25.6. The van der Waals surface area contributed by atoms with Gasteiger partial charge in [-0.2, -0.15) is 0 Å². The number of hydrogen-bond donors (Lipinski definition) is 12. The molecule has 27 nitrogen and oxygen atoms in total. The first-order chi connectivity index (χ1) is 44.4. The molecule has 0 radical (unpaired) electrons. The quantitative estimate of drug-likeness (QED) is 0.0501. The number of aliphatic hydroxyl groups is 4. The normalized spacial score (nSPS) is 15.4.